The number of Topliss-reactive ketones (excluding diaryl/α,β-unsaturated/α-hetero) is 1. The van der Waals surface area contributed by atoms with E-state index in [0.717, 1.165) is 13.0 Å². The van der Waals surface area contributed by atoms with Crippen molar-refractivity contribution in [2.75, 3.05) is 26.8 Å². The first kappa shape index (κ1) is 18.5. The first-order chi connectivity index (χ1) is 10.4. The molecule has 5 heteroatoms. The summed E-state index contributed by atoms with van der Waals surface area (Å²) in [4.78, 5) is 11.3. The van der Waals surface area contributed by atoms with E-state index in [1.807, 2.05) is 0 Å². The Morgan fingerprint density at radius 3 is 2.64 bits per heavy atom. The lowest BCUT2D eigenvalue weighted by molar-refractivity contribution is 0.101. The zero-order valence-corrected chi connectivity index (χ0v) is 13.9. The fourth-order valence-electron chi connectivity index (χ4n) is 1.91. The van der Waals surface area contributed by atoms with Crippen LogP contribution < -0.4 is 14.8 Å². The Labute approximate surface area is 132 Å². The van der Waals surface area contributed by atoms with Crippen LogP contribution in [-0.2, 0) is 0 Å². The van der Waals surface area contributed by atoms with Crippen molar-refractivity contribution < 1.29 is 19.4 Å². The van der Waals surface area contributed by atoms with Crippen molar-refractivity contribution in [1.29, 1.82) is 0 Å². The van der Waals surface area contributed by atoms with Crippen LogP contribution in [0.1, 0.15) is 37.6 Å². The van der Waals surface area contributed by atoms with Gasteiger partial charge >= 0.3 is 0 Å². The fraction of sp³-hybridized carbons (Fsp3) is 0.588. The Morgan fingerprint density at radius 2 is 2.05 bits per heavy atom. The van der Waals surface area contributed by atoms with Crippen LogP contribution in [0, 0.1) is 5.92 Å². The molecule has 0 aliphatic carbocycles. The van der Waals surface area contributed by atoms with E-state index < -0.39 is 6.10 Å². The summed E-state index contributed by atoms with van der Waals surface area (Å²) < 4.78 is 10.8. The smallest absolute Gasteiger partial charge is 0.161 e. The molecule has 0 radical (unpaired) electrons. The summed E-state index contributed by atoms with van der Waals surface area (Å²) in [6.07, 6.45) is 0.484. The highest BCUT2D eigenvalue weighted by atomic mass is 16.5. The summed E-state index contributed by atoms with van der Waals surface area (Å²) in [5, 5.41) is 13.1. The van der Waals surface area contributed by atoms with Crippen molar-refractivity contribution in [2.45, 2.75) is 33.3 Å². The van der Waals surface area contributed by atoms with Crippen LogP contribution >= 0.6 is 0 Å². The Hall–Kier alpha value is -1.59. The molecule has 0 aliphatic rings. The summed E-state index contributed by atoms with van der Waals surface area (Å²) in [5.41, 5.74) is 0.570. The van der Waals surface area contributed by atoms with E-state index in [1.165, 1.54) is 14.0 Å². The zero-order chi connectivity index (χ0) is 16.5. The van der Waals surface area contributed by atoms with Crippen LogP contribution in [0.3, 0.4) is 0 Å². The molecule has 0 bridgehead atoms. The van der Waals surface area contributed by atoms with Gasteiger partial charge in [-0.05, 0) is 44.0 Å². The van der Waals surface area contributed by atoms with E-state index in [9.17, 15) is 9.90 Å². The lowest BCUT2D eigenvalue weighted by Gasteiger charge is -2.16. The molecular weight excluding hydrogens is 282 g/mol. The molecule has 0 amide bonds. The molecule has 0 aliphatic heterocycles. The number of rotatable bonds is 10. The van der Waals surface area contributed by atoms with Crippen molar-refractivity contribution in [3.8, 4) is 11.5 Å². The van der Waals surface area contributed by atoms with Crippen LogP contribution in [0.15, 0.2) is 18.2 Å². The topological polar surface area (TPSA) is 67.8 Å². The van der Waals surface area contributed by atoms with Crippen molar-refractivity contribution in [3.63, 3.8) is 0 Å². The summed E-state index contributed by atoms with van der Waals surface area (Å²) in [6.45, 7) is 7.37. The van der Waals surface area contributed by atoms with Crippen molar-refractivity contribution in [1.82, 2.24) is 5.32 Å². The number of hydrogen-bond acceptors (Lipinski definition) is 5. The number of benzene rings is 1. The molecule has 0 aromatic heterocycles. The molecule has 1 atom stereocenters. The van der Waals surface area contributed by atoms with E-state index in [2.05, 4.69) is 19.2 Å². The van der Waals surface area contributed by atoms with E-state index in [0.29, 0.717) is 29.5 Å². The quantitative estimate of drug-likeness (QED) is 0.512. The number of carbonyl (C=O) groups is 1. The Morgan fingerprint density at radius 1 is 1.32 bits per heavy atom. The lowest BCUT2D eigenvalue weighted by Crippen LogP contribution is -2.32. The Balaban J connectivity index is 2.45. The molecule has 0 unspecified atom stereocenters. The maximum Gasteiger partial charge on any atom is 0.161 e. The first-order valence-electron chi connectivity index (χ1n) is 7.64. The van der Waals surface area contributed by atoms with Crippen LogP contribution in [0.2, 0.25) is 0 Å². The fourth-order valence-corrected chi connectivity index (χ4v) is 1.91. The highest BCUT2D eigenvalue weighted by molar-refractivity contribution is 5.94. The largest absolute Gasteiger partial charge is 0.493 e. The van der Waals surface area contributed by atoms with E-state index in [4.69, 9.17) is 9.47 Å². The van der Waals surface area contributed by atoms with Gasteiger partial charge < -0.3 is 19.9 Å². The number of ether oxygens (including phenoxy) is 2. The second-order valence-corrected chi connectivity index (χ2v) is 5.77. The Kier molecular flexibility index (Phi) is 7.91. The van der Waals surface area contributed by atoms with Gasteiger partial charge in [-0.2, -0.15) is 0 Å². The average Bonchev–Trinajstić information content (AvgIpc) is 2.49. The Bertz CT molecular complexity index is 474. The molecule has 0 saturated heterocycles. The van der Waals surface area contributed by atoms with Crippen LogP contribution in [0.25, 0.3) is 0 Å². The number of methoxy groups -OCH3 is 1. The molecule has 0 fully saturated rings. The highest BCUT2D eigenvalue weighted by Gasteiger charge is 2.11. The second kappa shape index (κ2) is 9.43. The normalized spacial score (nSPS) is 12.3. The molecule has 124 valence electrons. The van der Waals surface area contributed by atoms with E-state index in [1.54, 1.807) is 18.2 Å². The molecule has 0 heterocycles. The van der Waals surface area contributed by atoms with Crippen LogP contribution in [0.4, 0.5) is 0 Å². The monoisotopic (exact) mass is 309 g/mol. The SMILES string of the molecule is COc1cc(C(C)=O)ccc1OC[C@@H](O)CNCCC(C)C. The van der Waals surface area contributed by atoms with Gasteiger partial charge in [0.1, 0.15) is 12.7 Å². The predicted molar refractivity (Wildman–Crippen MR) is 86.8 cm³/mol. The van der Waals surface area contributed by atoms with E-state index in [-0.39, 0.29) is 12.4 Å². The highest BCUT2D eigenvalue weighted by Crippen LogP contribution is 2.28. The molecule has 1 rings (SSSR count). The van der Waals surface area contributed by atoms with Gasteiger partial charge in [0.15, 0.2) is 17.3 Å². The number of hydrogen-bond donors (Lipinski definition) is 2. The minimum Gasteiger partial charge on any atom is -0.493 e. The molecule has 5 nitrogen and oxygen atoms in total. The van der Waals surface area contributed by atoms with Gasteiger partial charge in [0.2, 0.25) is 0 Å². The number of aliphatic hydroxyl groups is 1. The summed E-state index contributed by atoms with van der Waals surface area (Å²) in [6, 6.07) is 5.02. The summed E-state index contributed by atoms with van der Waals surface area (Å²) in [7, 11) is 1.52. The minimum atomic E-state index is -0.593. The maximum atomic E-state index is 11.3. The number of aliphatic hydroxyl groups excluding tert-OH is 1. The second-order valence-electron chi connectivity index (χ2n) is 5.77. The third-order valence-corrected chi connectivity index (χ3v) is 3.28. The zero-order valence-electron chi connectivity index (χ0n) is 13.9. The van der Waals surface area contributed by atoms with Crippen molar-refractivity contribution in [3.05, 3.63) is 23.8 Å². The molecule has 0 saturated carbocycles. The molecule has 1 aromatic rings. The summed E-state index contributed by atoms with van der Waals surface area (Å²) >= 11 is 0. The van der Waals surface area contributed by atoms with Gasteiger partial charge in [0, 0.05) is 12.1 Å². The van der Waals surface area contributed by atoms with Gasteiger partial charge in [0.05, 0.1) is 7.11 Å². The number of ketones is 1. The first-order valence-corrected chi connectivity index (χ1v) is 7.64. The average molecular weight is 309 g/mol. The minimum absolute atomic E-state index is 0.0285. The molecule has 22 heavy (non-hydrogen) atoms. The van der Waals surface area contributed by atoms with Gasteiger partial charge in [-0.15, -0.1) is 0 Å². The molecular formula is C17H27NO4. The number of carbonyl (C=O) groups excluding carboxylic acids is 1. The molecule has 1 aromatic carbocycles. The maximum absolute atomic E-state index is 11.3. The summed E-state index contributed by atoms with van der Waals surface area (Å²) in [5.74, 6) is 1.63. The lowest BCUT2D eigenvalue weighted by atomic mass is 10.1. The van der Waals surface area contributed by atoms with Gasteiger partial charge in [-0.25, -0.2) is 0 Å². The van der Waals surface area contributed by atoms with Crippen LogP contribution in [0.5, 0.6) is 11.5 Å². The van der Waals surface area contributed by atoms with Crippen molar-refractivity contribution in [2.24, 2.45) is 5.92 Å². The third-order valence-electron chi connectivity index (χ3n) is 3.28. The van der Waals surface area contributed by atoms with Crippen LogP contribution in [-0.4, -0.2) is 43.8 Å². The van der Waals surface area contributed by atoms with E-state index >= 15 is 0 Å². The van der Waals surface area contributed by atoms with Gasteiger partial charge in [-0.3, -0.25) is 4.79 Å². The van der Waals surface area contributed by atoms with Crippen molar-refractivity contribution >= 4 is 5.78 Å². The molecule has 0 spiro atoms. The predicted octanol–water partition coefficient (Wildman–Crippen LogP) is 2.27. The number of nitrogens with one attached hydrogen (secondary N) is 1. The van der Waals surface area contributed by atoms with Gasteiger partial charge in [0.25, 0.3) is 0 Å². The third kappa shape index (κ3) is 6.45. The standard InChI is InChI=1S/C17H27NO4/c1-12(2)7-8-18-10-15(20)11-22-16-6-5-14(13(3)19)9-17(16)21-4/h5-6,9,12,15,18,20H,7-8,10-11H2,1-4H3/t15-/m0/s1. The van der Waals surface area contributed by atoms with Gasteiger partial charge in [-0.1, -0.05) is 13.8 Å². The molecule has 2 N–H and O–H groups in total.